The van der Waals surface area contributed by atoms with E-state index in [1.54, 1.807) is 11.8 Å². The van der Waals surface area contributed by atoms with Crippen molar-refractivity contribution in [2.45, 2.75) is 0 Å². The number of nitro groups is 1. The zero-order chi connectivity index (χ0) is 9.68. The zero-order valence-electron chi connectivity index (χ0n) is 7.39. The van der Waals surface area contributed by atoms with Crippen molar-refractivity contribution in [2.75, 3.05) is 31.6 Å². The van der Waals surface area contributed by atoms with Crippen LogP contribution in [0.25, 0.3) is 0 Å². The van der Waals surface area contributed by atoms with Gasteiger partial charge in [-0.15, -0.1) is 0 Å². The van der Waals surface area contributed by atoms with Gasteiger partial charge >= 0.3 is 0 Å². The lowest BCUT2D eigenvalue weighted by atomic mass is 10.5. The molecule has 0 unspecified atom stereocenters. The summed E-state index contributed by atoms with van der Waals surface area (Å²) in [5.74, 6) is 1.34. The molecule has 0 spiro atoms. The number of guanidine groups is 1. The molecule has 1 N–H and O–H groups in total. The molecule has 1 rings (SSSR count). The van der Waals surface area contributed by atoms with E-state index >= 15 is 0 Å². The Hall–Kier alpha value is -0.980. The van der Waals surface area contributed by atoms with Crippen LogP contribution in [0.3, 0.4) is 0 Å². The van der Waals surface area contributed by atoms with E-state index in [0.717, 1.165) is 18.8 Å². The highest BCUT2D eigenvalue weighted by Gasteiger charge is 2.19. The highest BCUT2D eigenvalue weighted by molar-refractivity contribution is 7.98. The molecule has 0 radical (unpaired) electrons. The molecule has 13 heavy (non-hydrogen) atoms. The summed E-state index contributed by atoms with van der Waals surface area (Å²) in [6.45, 7) is 2.22. The van der Waals surface area contributed by atoms with Gasteiger partial charge in [-0.1, -0.05) is 5.43 Å². The Balaban J connectivity index is 2.38. The molecule has 1 aliphatic rings. The molecule has 0 atom stereocenters. The third kappa shape index (κ3) is 3.10. The molecule has 0 amide bonds. The number of hydrazine groups is 1. The molecule has 6 nitrogen and oxygen atoms in total. The second-order valence-corrected chi connectivity index (χ2v) is 3.54. The van der Waals surface area contributed by atoms with Gasteiger partial charge in [-0.05, 0) is 6.26 Å². The van der Waals surface area contributed by atoms with Gasteiger partial charge in [0.15, 0.2) is 5.03 Å². The van der Waals surface area contributed by atoms with Crippen molar-refractivity contribution in [1.29, 1.82) is 0 Å². The maximum Gasteiger partial charge on any atom is 0.257 e. The van der Waals surface area contributed by atoms with E-state index in [9.17, 15) is 10.1 Å². The van der Waals surface area contributed by atoms with Crippen molar-refractivity contribution >= 4 is 17.7 Å². The highest BCUT2D eigenvalue weighted by Crippen LogP contribution is 2.01. The Labute approximate surface area is 80.5 Å². The average molecular weight is 204 g/mol. The SMILES string of the molecule is CSCCN1CCN=C1N[N+](=O)[O-]. The van der Waals surface area contributed by atoms with Crippen molar-refractivity contribution in [3.63, 3.8) is 0 Å². The second kappa shape index (κ2) is 4.90. The van der Waals surface area contributed by atoms with Gasteiger partial charge in [-0.25, -0.2) is 15.1 Å². The van der Waals surface area contributed by atoms with Gasteiger partial charge in [0, 0.05) is 18.8 Å². The zero-order valence-corrected chi connectivity index (χ0v) is 8.21. The maximum atomic E-state index is 10.2. The second-order valence-electron chi connectivity index (χ2n) is 2.55. The molecule has 0 aromatic rings. The van der Waals surface area contributed by atoms with E-state index in [0.29, 0.717) is 12.5 Å². The Morgan fingerprint density at radius 2 is 2.62 bits per heavy atom. The molecular weight excluding hydrogens is 192 g/mol. The molecule has 74 valence electrons. The molecule has 0 aliphatic carbocycles. The molecule has 0 fully saturated rings. The van der Waals surface area contributed by atoms with E-state index < -0.39 is 5.03 Å². The van der Waals surface area contributed by atoms with Crippen LogP contribution in [0.2, 0.25) is 0 Å². The number of rotatable bonds is 4. The fourth-order valence-electron chi connectivity index (χ4n) is 1.09. The summed E-state index contributed by atoms with van der Waals surface area (Å²) >= 11 is 1.72. The Bertz CT molecular complexity index is 221. The minimum atomic E-state index is -0.573. The lowest BCUT2D eigenvalue weighted by molar-refractivity contribution is -0.526. The highest BCUT2D eigenvalue weighted by atomic mass is 32.2. The van der Waals surface area contributed by atoms with Crippen LogP contribution in [0.4, 0.5) is 0 Å². The van der Waals surface area contributed by atoms with Crippen molar-refractivity contribution in [3.8, 4) is 0 Å². The largest absolute Gasteiger partial charge is 0.336 e. The standard InChI is InChI=1S/C6H12N4O2S/c1-13-5-4-9-3-2-7-6(9)8-10(11)12/h2-5H2,1H3,(H,7,8). The summed E-state index contributed by atoms with van der Waals surface area (Å²) in [5, 5.41) is 9.58. The lowest BCUT2D eigenvalue weighted by Gasteiger charge is -2.16. The minimum absolute atomic E-state index is 0.388. The molecule has 0 aromatic carbocycles. The van der Waals surface area contributed by atoms with Gasteiger partial charge in [-0.2, -0.15) is 11.8 Å². The summed E-state index contributed by atoms with van der Waals surface area (Å²) in [6.07, 6.45) is 2.01. The normalized spacial score (nSPS) is 15.8. The van der Waals surface area contributed by atoms with E-state index in [2.05, 4.69) is 10.4 Å². The Morgan fingerprint density at radius 1 is 1.85 bits per heavy atom. The van der Waals surface area contributed by atoms with Crippen LogP contribution in [-0.2, 0) is 0 Å². The van der Waals surface area contributed by atoms with Gasteiger partial charge in [0.05, 0.1) is 6.54 Å². The predicted molar refractivity (Wildman–Crippen MR) is 52.4 cm³/mol. The van der Waals surface area contributed by atoms with E-state index in [4.69, 9.17) is 0 Å². The first-order chi connectivity index (χ1) is 6.24. The molecule has 7 heteroatoms. The number of thioether (sulfide) groups is 1. The third-order valence-corrected chi connectivity index (χ3v) is 2.28. The summed E-state index contributed by atoms with van der Waals surface area (Å²) in [7, 11) is 0. The fraction of sp³-hybridized carbons (Fsp3) is 0.833. The van der Waals surface area contributed by atoms with Gasteiger partial charge < -0.3 is 4.90 Å². The number of hydrogen-bond donors (Lipinski definition) is 1. The van der Waals surface area contributed by atoms with Gasteiger partial charge in [0.25, 0.3) is 5.96 Å². The summed E-state index contributed by atoms with van der Waals surface area (Å²) in [6, 6.07) is 0. The van der Waals surface area contributed by atoms with Gasteiger partial charge in [0.1, 0.15) is 0 Å². The average Bonchev–Trinajstić information content (AvgIpc) is 2.48. The number of aliphatic imine (C=N–C) groups is 1. The smallest absolute Gasteiger partial charge is 0.257 e. The predicted octanol–water partition coefficient (Wildman–Crippen LogP) is -0.198. The number of hydrogen-bond acceptors (Lipinski definition) is 5. The number of nitrogens with one attached hydrogen (secondary N) is 1. The molecule has 0 aromatic heterocycles. The monoisotopic (exact) mass is 204 g/mol. The Morgan fingerprint density at radius 3 is 3.23 bits per heavy atom. The molecule has 1 heterocycles. The summed E-state index contributed by atoms with van der Waals surface area (Å²) in [5.41, 5.74) is 2.09. The maximum absolute atomic E-state index is 10.2. The van der Waals surface area contributed by atoms with Crippen LogP contribution in [-0.4, -0.2) is 47.5 Å². The van der Waals surface area contributed by atoms with Crippen LogP contribution < -0.4 is 5.43 Å². The molecule has 0 saturated carbocycles. The summed E-state index contributed by atoms with van der Waals surface area (Å²) < 4.78 is 0. The van der Waals surface area contributed by atoms with Crippen molar-refractivity contribution in [2.24, 2.45) is 4.99 Å². The molecule has 0 saturated heterocycles. The van der Waals surface area contributed by atoms with E-state index in [1.807, 2.05) is 11.2 Å². The van der Waals surface area contributed by atoms with Crippen LogP contribution >= 0.6 is 11.8 Å². The van der Waals surface area contributed by atoms with Gasteiger partial charge in [0.2, 0.25) is 0 Å². The van der Waals surface area contributed by atoms with Crippen molar-refractivity contribution < 1.29 is 5.03 Å². The fourth-order valence-corrected chi connectivity index (χ4v) is 1.49. The van der Waals surface area contributed by atoms with Crippen LogP contribution in [0.5, 0.6) is 0 Å². The first kappa shape index (κ1) is 10.1. The topological polar surface area (TPSA) is 70.8 Å². The quantitative estimate of drug-likeness (QED) is 0.507. The van der Waals surface area contributed by atoms with Crippen LogP contribution in [0.1, 0.15) is 0 Å². The van der Waals surface area contributed by atoms with E-state index in [1.165, 1.54) is 0 Å². The molecule has 0 bridgehead atoms. The van der Waals surface area contributed by atoms with Gasteiger partial charge in [-0.3, -0.25) is 0 Å². The summed E-state index contributed by atoms with van der Waals surface area (Å²) in [4.78, 5) is 16.0. The minimum Gasteiger partial charge on any atom is -0.336 e. The molecule has 1 aliphatic heterocycles. The Kier molecular flexibility index (Phi) is 3.81. The van der Waals surface area contributed by atoms with Crippen molar-refractivity contribution in [3.05, 3.63) is 10.1 Å². The third-order valence-electron chi connectivity index (χ3n) is 1.69. The first-order valence-electron chi connectivity index (χ1n) is 3.93. The number of nitrogens with zero attached hydrogens (tertiary/aromatic N) is 3. The van der Waals surface area contributed by atoms with Crippen LogP contribution in [0.15, 0.2) is 4.99 Å². The van der Waals surface area contributed by atoms with E-state index in [-0.39, 0.29) is 0 Å². The lowest BCUT2D eigenvalue weighted by Crippen LogP contribution is -2.42. The molecular formula is C6H12N4O2S. The van der Waals surface area contributed by atoms with Crippen molar-refractivity contribution in [1.82, 2.24) is 10.3 Å². The first-order valence-corrected chi connectivity index (χ1v) is 5.33. The van der Waals surface area contributed by atoms with Crippen LogP contribution in [0, 0.1) is 10.1 Å².